The molecule has 0 bridgehead atoms. The van der Waals surface area contributed by atoms with Gasteiger partial charge in [0.25, 0.3) is 0 Å². The van der Waals surface area contributed by atoms with E-state index in [0.717, 1.165) is 17.7 Å². The number of pyridine rings is 1. The number of nitrogens with one attached hydrogen (secondary N) is 2. The maximum Gasteiger partial charge on any atom is 0.315 e. The molecule has 0 spiro atoms. The molecule has 126 valence electrons. The van der Waals surface area contributed by atoms with Crippen LogP contribution in [0.15, 0.2) is 42.6 Å². The molecule has 5 nitrogen and oxygen atoms in total. The Labute approximate surface area is 146 Å². The fraction of sp³-hybridized carbons (Fsp3) is 0.333. The van der Waals surface area contributed by atoms with Crippen molar-refractivity contribution in [3.8, 4) is 5.88 Å². The molecule has 1 fully saturated rings. The van der Waals surface area contributed by atoms with Crippen molar-refractivity contribution >= 4 is 17.6 Å². The summed E-state index contributed by atoms with van der Waals surface area (Å²) in [5.41, 5.74) is 1.80. The van der Waals surface area contributed by atoms with E-state index in [1.54, 1.807) is 12.3 Å². The number of aromatic nitrogens is 1. The number of hydrogen-bond donors (Lipinski definition) is 2. The first kappa shape index (κ1) is 16.6. The van der Waals surface area contributed by atoms with E-state index in [0.29, 0.717) is 29.9 Å². The van der Waals surface area contributed by atoms with E-state index in [4.69, 9.17) is 16.3 Å². The van der Waals surface area contributed by atoms with Gasteiger partial charge in [0.15, 0.2) is 0 Å². The second-order valence-electron chi connectivity index (χ2n) is 5.89. The van der Waals surface area contributed by atoms with Crippen molar-refractivity contribution in [2.24, 2.45) is 5.92 Å². The third-order valence-electron chi connectivity index (χ3n) is 3.81. The van der Waals surface area contributed by atoms with Crippen LogP contribution in [0.3, 0.4) is 0 Å². The highest BCUT2D eigenvalue weighted by molar-refractivity contribution is 6.31. The van der Waals surface area contributed by atoms with Gasteiger partial charge in [0.05, 0.1) is 6.61 Å². The zero-order valence-corrected chi connectivity index (χ0v) is 14.1. The molecule has 0 saturated heterocycles. The van der Waals surface area contributed by atoms with Gasteiger partial charge in [-0.25, -0.2) is 9.78 Å². The molecule has 2 amide bonds. The summed E-state index contributed by atoms with van der Waals surface area (Å²) in [4.78, 5) is 16.1. The van der Waals surface area contributed by atoms with Gasteiger partial charge in [-0.1, -0.05) is 35.9 Å². The minimum atomic E-state index is -0.246. The van der Waals surface area contributed by atoms with Crippen molar-refractivity contribution in [2.75, 3.05) is 6.61 Å². The zero-order valence-electron chi connectivity index (χ0n) is 13.3. The van der Waals surface area contributed by atoms with Crippen LogP contribution >= 0.6 is 11.6 Å². The Bertz CT molecular complexity index is 687. The molecule has 6 heteroatoms. The molecule has 2 N–H and O–H groups in total. The van der Waals surface area contributed by atoms with Crippen LogP contribution < -0.4 is 15.4 Å². The molecule has 1 saturated carbocycles. The monoisotopic (exact) mass is 345 g/mol. The third-order valence-corrected chi connectivity index (χ3v) is 4.18. The number of carbonyl (C=O) groups excluding carboxylic acids is 1. The minimum absolute atomic E-state index is 0.246. The number of benzene rings is 1. The van der Waals surface area contributed by atoms with E-state index in [9.17, 15) is 4.79 Å². The number of amides is 2. The maximum atomic E-state index is 11.8. The van der Waals surface area contributed by atoms with Crippen molar-refractivity contribution in [3.63, 3.8) is 0 Å². The second kappa shape index (κ2) is 8.02. The fourth-order valence-electron chi connectivity index (χ4n) is 2.15. The third kappa shape index (κ3) is 5.13. The zero-order chi connectivity index (χ0) is 16.8. The van der Waals surface area contributed by atoms with Crippen LogP contribution in [0.1, 0.15) is 24.0 Å². The van der Waals surface area contributed by atoms with E-state index in [-0.39, 0.29) is 6.03 Å². The molecule has 1 aromatic heterocycles. The van der Waals surface area contributed by atoms with Crippen molar-refractivity contribution in [1.29, 1.82) is 0 Å². The fourth-order valence-corrected chi connectivity index (χ4v) is 2.35. The SMILES string of the molecule is O=C(NCc1ccc(OCC2CC2)nc1)NCc1ccccc1Cl. The van der Waals surface area contributed by atoms with Crippen molar-refractivity contribution in [2.45, 2.75) is 25.9 Å². The number of urea groups is 1. The lowest BCUT2D eigenvalue weighted by Gasteiger charge is -2.09. The Hall–Kier alpha value is -2.27. The molecule has 2 aromatic rings. The highest BCUT2D eigenvalue weighted by Gasteiger charge is 2.22. The standard InChI is InChI=1S/C18H20ClN3O2/c19-16-4-2-1-3-15(16)11-22-18(23)21-10-14-7-8-17(20-9-14)24-12-13-5-6-13/h1-4,7-9,13H,5-6,10-12H2,(H2,21,22,23). The molecule has 0 aliphatic heterocycles. The number of hydrogen-bond acceptors (Lipinski definition) is 3. The number of halogens is 1. The van der Waals surface area contributed by atoms with Gasteiger partial charge < -0.3 is 15.4 Å². The minimum Gasteiger partial charge on any atom is -0.477 e. The first-order valence-electron chi connectivity index (χ1n) is 8.03. The van der Waals surface area contributed by atoms with E-state index in [1.165, 1.54) is 12.8 Å². The average Bonchev–Trinajstić information content (AvgIpc) is 3.43. The van der Waals surface area contributed by atoms with Gasteiger partial charge in [-0.05, 0) is 36.0 Å². The molecule has 0 atom stereocenters. The van der Waals surface area contributed by atoms with E-state index in [1.807, 2.05) is 30.3 Å². The predicted octanol–water partition coefficient (Wildman–Crippen LogP) is 3.52. The molecular weight excluding hydrogens is 326 g/mol. The van der Waals surface area contributed by atoms with Crippen LogP contribution in [0.2, 0.25) is 5.02 Å². The molecule has 0 unspecified atom stereocenters. The Morgan fingerprint density at radius 1 is 1.17 bits per heavy atom. The Kier molecular flexibility index (Phi) is 5.54. The molecule has 1 aliphatic carbocycles. The molecule has 1 heterocycles. The normalized spacial score (nSPS) is 13.4. The molecule has 24 heavy (non-hydrogen) atoms. The Balaban J connectivity index is 1.39. The van der Waals surface area contributed by atoms with Gasteiger partial charge >= 0.3 is 6.03 Å². The predicted molar refractivity (Wildman–Crippen MR) is 93.0 cm³/mol. The molecular formula is C18H20ClN3O2. The lowest BCUT2D eigenvalue weighted by Crippen LogP contribution is -2.34. The first-order chi connectivity index (χ1) is 11.7. The number of rotatable bonds is 7. The smallest absolute Gasteiger partial charge is 0.315 e. The highest BCUT2D eigenvalue weighted by atomic mass is 35.5. The average molecular weight is 346 g/mol. The molecule has 0 radical (unpaired) electrons. The Morgan fingerprint density at radius 2 is 1.96 bits per heavy atom. The summed E-state index contributed by atoms with van der Waals surface area (Å²) in [5.74, 6) is 1.34. The summed E-state index contributed by atoms with van der Waals surface area (Å²) in [5, 5.41) is 6.22. The molecule has 1 aliphatic rings. The number of carbonyl (C=O) groups is 1. The quantitative estimate of drug-likeness (QED) is 0.807. The summed E-state index contributed by atoms with van der Waals surface area (Å²) in [6.07, 6.45) is 4.23. The topological polar surface area (TPSA) is 63.2 Å². The van der Waals surface area contributed by atoms with Crippen LogP contribution in [0.4, 0.5) is 4.79 Å². The molecule has 1 aromatic carbocycles. The van der Waals surface area contributed by atoms with Crippen LogP contribution in [0.5, 0.6) is 5.88 Å². The van der Waals surface area contributed by atoms with Gasteiger partial charge in [0, 0.05) is 30.4 Å². The number of nitrogens with zero attached hydrogens (tertiary/aromatic N) is 1. The Morgan fingerprint density at radius 3 is 2.67 bits per heavy atom. The summed E-state index contributed by atoms with van der Waals surface area (Å²) in [6, 6.07) is 10.9. The van der Waals surface area contributed by atoms with Gasteiger partial charge in [0.2, 0.25) is 5.88 Å². The largest absolute Gasteiger partial charge is 0.477 e. The van der Waals surface area contributed by atoms with Gasteiger partial charge in [-0.2, -0.15) is 0 Å². The lowest BCUT2D eigenvalue weighted by atomic mass is 10.2. The highest BCUT2D eigenvalue weighted by Crippen LogP contribution is 2.29. The van der Waals surface area contributed by atoms with Crippen molar-refractivity contribution in [3.05, 3.63) is 58.7 Å². The lowest BCUT2D eigenvalue weighted by molar-refractivity contribution is 0.240. The van der Waals surface area contributed by atoms with Crippen LogP contribution in [0.25, 0.3) is 0 Å². The van der Waals surface area contributed by atoms with Gasteiger partial charge in [0.1, 0.15) is 0 Å². The summed E-state index contributed by atoms with van der Waals surface area (Å²) >= 11 is 6.05. The van der Waals surface area contributed by atoms with Gasteiger partial charge in [-0.3, -0.25) is 0 Å². The van der Waals surface area contributed by atoms with Crippen LogP contribution in [-0.4, -0.2) is 17.6 Å². The van der Waals surface area contributed by atoms with Crippen LogP contribution in [0, 0.1) is 5.92 Å². The summed E-state index contributed by atoms with van der Waals surface area (Å²) in [7, 11) is 0. The second-order valence-corrected chi connectivity index (χ2v) is 6.29. The van der Waals surface area contributed by atoms with E-state index in [2.05, 4.69) is 15.6 Å². The van der Waals surface area contributed by atoms with Crippen molar-refractivity contribution in [1.82, 2.24) is 15.6 Å². The maximum absolute atomic E-state index is 11.8. The van der Waals surface area contributed by atoms with E-state index < -0.39 is 0 Å². The first-order valence-corrected chi connectivity index (χ1v) is 8.41. The van der Waals surface area contributed by atoms with Crippen molar-refractivity contribution < 1.29 is 9.53 Å². The summed E-state index contributed by atoms with van der Waals surface area (Å²) < 4.78 is 5.59. The summed E-state index contributed by atoms with van der Waals surface area (Å²) in [6.45, 7) is 1.54. The van der Waals surface area contributed by atoms with Gasteiger partial charge in [-0.15, -0.1) is 0 Å². The van der Waals surface area contributed by atoms with Crippen LogP contribution in [-0.2, 0) is 13.1 Å². The molecule has 3 rings (SSSR count). The van der Waals surface area contributed by atoms with E-state index >= 15 is 0 Å². The number of ether oxygens (including phenoxy) is 1.